The molecule has 0 aromatic heterocycles. The van der Waals surface area contributed by atoms with Gasteiger partial charge in [0.1, 0.15) is 0 Å². The van der Waals surface area contributed by atoms with Crippen LogP contribution in [0.15, 0.2) is 12.3 Å². The monoisotopic (exact) mass is 456 g/mol. The number of ether oxygens (including phenoxy) is 4. The minimum atomic E-state index is 0.0204. The van der Waals surface area contributed by atoms with Gasteiger partial charge in [-0.2, -0.15) is 0 Å². The summed E-state index contributed by atoms with van der Waals surface area (Å²) in [5.74, 6) is 0. The Hall–Kier alpha value is -0.580. The molecule has 0 unspecified atom stereocenters. The molecule has 0 aliphatic heterocycles. The molecule has 4 heteroatoms. The summed E-state index contributed by atoms with van der Waals surface area (Å²) < 4.78 is 22.6. The summed E-state index contributed by atoms with van der Waals surface area (Å²) >= 11 is 0. The number of rotatable bonds is 27. The van der Waals surface area contributed by atoms with Crippen molar-refractivity contribution in [1.29, 1.82) is 0 Å². The van der Waals surface area contributed by atoms with Gasteiger partial charge in [0.15, 0.2) is 13.1 Å². The topological polar surface area (TPSA) is 36.9 Å². The first-order valence-electron chi connectivity index (χ1n) is 13.9. The maximum atomic E-state index is 6.01. The lowest BCUT2D eigenvalue weighted by Crippen LogP contribution is -2.19. The van der Waals surface area contributed by atoms with Crippen LogP contribution in [-0.2, 0) is 18.9 Å². The molecule has 0 rings (SSSR count). The molecule has 32 heavy (non-hydrogen) atoms. The summed E-state index contributed by atoms with van der Waals surface area (Å²) in [4.78, 5) is 0. The lowest BCUT2D eigenvalue weighted by Gasteiger charge is -2.18. The quantitative estimate of drug-likeness (QED) is 0.0702. The fraction of sp³-hybridized carbons (Fsp3) is 0.929. The molecule has 192 valence electrons. The summed E-state index contributed by atoms with van der Waals surface area (Å²) in [6.07, 6.45) is 26.3. The van der Waals surface area contributed by atoms with Gasteiger partial charge >= 0.3 is 0 Å². The highest BCUT2D eigenvalue weighted by atomic mass is 16.7. The van der Waals surface area contributed by atoms with Gasteiger partial charge in [0, 0.05) is 13.2 Å². The second kappa shape index (κ2) is 28.5. The van der Waals surface area contributed by atoms with E-state index in [1.165, 1.54) is 83.5 Å². The molecule has 4 nitrogen and oxygen atoms in total. The molecule has 0 aliphatic carbocycles. The van der Waals surface area contributed by atoms with Crippen LogP contribution >= 0.6 is 0 Å². The molecule has 0 aromatic rings. The van der Waals surface area contributed by atoms with E-state index in [4.69, 9.17) is 18.9 Å². The average molecular weight is 457 g/mol. The molecular formula is C28H56O4. The second-order valence-electron chi connectivity index (χ2n) is 8.91. The summed E-state index contributed by atoms with van der Waals surface area (Å²) in [6, 6.07) is 0. The molecule has 0 saturated heterocycles. The number of hydrogen-bond donors (Lipinski definition) is 0. The molecule has 0 atom stereocenters. The van der Waals surface area contributed by atoms with Gasteiger partial charge in [0.2, 0.25) is 0 Å². The third-order valence-corrected chi connectivity index (χ3v) is 5.61. The zero-order valence-corrected chi connectivity index (χ0v) is 21.9. The Bertz CT molecular complexity index is 347. The Morgan fingerprint density at radius 1 is 0.562 bits per heavy atom. The van der Waals surface area contributed by atoms with Crippen LogP contribution in [0.2, 0.25) is 0 Å². The maximum Gasteiger partial charge on any atom is 0.188 e. The smallest absolute Gasteiger partial charge is 0.188 e. The van der Waals surface area contributed by atoms with Gasteiger partial charge in [0.25, 0.3) is 0 Å². The maximum absolute atomic E-state index is 6.01. The van der Waals surface area contributed by atoms with Crippen LogP contribution < -0.4 is 0 Å². The van der Waals surface area contributed by atoms with Crippen LogP contribution in [0.1, 0.15) is 136 Å². The Balaban J connectivity index is 3.49. The highest BCUT2D eigenvalue weighted by Crippen LogP contribution is 2.14. The molecule has 0 aromatic carbocycles. The zero-order chi connectivity index (χ0) is 23.4. The Morgan fingerprint density at radius 3 is 1.69 bits per heavy atom. The fourth-order valence-electron chi connectivity index (χ4n) is 3.59. The highest BCUT2D eigenvalue weighted by molar-refractivity contribution is 4.72. The third-order valence-electron chi connectivity index (χ3n) is 5.61. The van der Waals surface area contributed by atoms with E-state index in [0.717, 1.165) is 51.9 Å². The van der Waals surface area contributed by atoms with E-state index < -0.39 is 0 Å². The minimum Gasteiger partial charge on any atom is -0.475 e. The lowest BCUT2D eigenvalue weighted by molar-refractivity contribution is -0.148. The molecule has 0 radical (unpaired) electrons. The van der Waals surface area contributed by atoms with Gasteiger partial charge in [-0.05, 0) is 51.0 Å². The van der Waals surface area contributed by atoms with E-state index in [9.17, 15) is 0 Å². The molecule has 0 bridgehead atoms. The molecule has 0 spiro atoms. The lowest BCUT2D eigenvalue weighted by atomic mass is 10.1. The molecule has 0 heterocycles. The van der Waals surface area contributed by atoms with Crippen LogP contribution in [0.3, 0.4) is 0 Å². The first-order chi connectivity index (χ1) is 15.8. The summed E-state index contributed by atoms with van der Waals surface area (Å²) in [5.41, 5.74) is 0. The van der Waals surface area contributed by atoms with Crippen molar-refractivity contribution in [2.75, 3.05) is 26.6 Å². The van der Waals surface area contributed by atoms with Crippen molar-refractivity contribution in [3.63, 3.8) is 0 Å². The number of hydrogen-bond acceptors (Lipinski definition) is 4. The van der Waals surface area contributed by atoms with Crippen LogP contribution in [0.5, 0.6) is 0 Å². The van der Waals surface area contributed by atoms with Gasteiger partial charge < -0.3 is 18.9 Å². The third kappa shape index (κ3) is 25.7. The predicted molar refractivity (Wildman–Crippen MR) is 137 cm³/mol. The van der Waals surface area contributed by atoms with Crippen LogP contribution in [0.25, 0.3) is 0 Å². The largest absolute Gasteiger partial charge is 0.475 e. The fourth-order valence-corrected chi connectivity index (χ4v) is 3.59. The SMILES string of the molecule is CCCCCOC(CCCCCCCCCCCC=COCOCCC)OCCCCC. The number of unbranched alkanes of at least 4 members (excludes halogenated alkanes) is 13. The summed E-state index contributed by atoms with van der Waals surface area (Å²) in [7, 11) is 0. The van der Waals surface area contributed by atoms with Crippen molar-refractivity contribution < 1.29 is 18.9 Å². The van der Waals surface area contributed by atoms with Gasteiger partial charge in [-0.15, -0.1) is 0 Å². The minimum absolute atomic E-state index is 0.0204. The van der Waals surface area contributed by atoms with E-state index in [1.807, 2.05) is 0 Å². The van der Waals surface area contributed by atoms with Crippen molar-refractivity contribution in [2.45, 2.75) is 143 Å². The van der Waals surface area contributed by atoms with Crippen molar-refractivity contribution in [3.05, 3.63) is 12.3 Å². The van der Waals surface area contributed by atoms with Gasteiger partial charge in [-0.1, -0.05) is 91.4 Å². The Labute approximate surface area is 200 Å². The van der Waals surface area contributed by atoms with Crippen molar-refractivity contribution in [1.82, 2.24) is 0 Å². The first kappa shape index (κ1) is 31.4. The van der Waals surface area contributed by atoms with E-state index in [2.05, 4.69) is 26.8 Å². The number of allylic oxidation sites excluding steroid dienone is 1. The van der Waals surface area contributed by atoms with Crippen molar-refractivity contribution in [2.24, 2.45) is 0 Å². The first-order valence-corrected chi connectivity index (χ1v) is 13.9. The molecule has 0 saturated carbocycles. The van der Waals surface area contributed by atoms with Crippen LogP contribution in [0, 0.1) is 0 Å². The van der Waals surface area contributed by atoms with Crippen LogP contribution in [-0.4, -0.2) is 32.9 Å². The van der Waals surface area contributed by atoms with Gasteiger partial charge in [0.05, 0.1) is 12.9 Å². The average Bonchev–Trinajstić information content (AvgIpc) is 2.81. The standard InChI is InChI=1S/C28H56O4/c1-4-7-19-25-31-28(32-26-20-8-5-2)22-18-16-14-12-10-9-11-13-15-17-21-24-30-27-29-23-6-3/h21,24,28H,4-20,22-23,25-27H2,1-3H3. The Morgan fingerprint density at radius 2 is 1.12 bits per heavy atom. The summed E-state index contributed by atoms with van der Waals surface area (Å²) in [6.45, 7) is 9.42. The molecule has 0 aliphatic rings. The van der Waals surface area contributed by atoms with Crippen molar-refractivity contribution in [3.8, 4) is 0 Å². The molecule has 0 fully saturated rings. The van der Waals surface area contributed by atoms with Gasteiger partial charge in [-0.3, -0.25) is 0 Å². The van der Waals surface area contributed by atoms with E-state index in [-0.39, 0.29) is 6.29 Å². The zero-order valence-electron chi connectivity index (χ0n) is 21.9. The van der Waals surface area contributed by atoms with E-state index >= 15 is 0 Å². The predicted octanol–water partition coefficient (Wildman–Crippen LogP) is 8.93. The summed E-state index contributed by atoms with van der Waals surface area (Å²) in [5, 5.41) is 0. The molecule has 0 amide bonds. The van der Waals surface area contributed by atoms with Crippen LogP contribution in [0.4, 0.5) is 0 Å². The van der Waals surface area contributed by atoms with E-state index in [0.29, 0.717) is 6.79 Å². The van der Waals surface area contributed by atoms with Gasteiger partial charge in [-0.25, -0.2) is 0 Å². The normalized spacial score (nSPS) is 11.8. The van der Waals surface area contributed by atoms with Crippen molar-refractivity contribution >= 4 is 0 Å². The highest BCUT2D eigenvalue weighted by Gasteiger charge is 2.09. The second-order valence-corrected chi connectivity index (χ2v) is 8.91. The molecule has 0 N–H and O–H groups in total. The molecular weight excluding hydrogens is 400 g/mol. The Kier molecular flexibility index (Phi) is 27.9. The van der Waals surface area contributed by atoms with E-state index in [1.54, 1.807) is 6.26 Å².